The largest absolute Gasteiger partial charge is 0.397 e. The Bertz CT molecular complexity index is 471. The van der Waals surface area contributed by atoms with Crippen LogP contribution >= 0.6 is 0 Å². The molecule has 0 saturated heterocycles. The lowest BCUT2D eigenvalue weighted by atomic mass is 10.1. The molecule has 18 heavy (non-hydrogen) atoms. The first-order valence-electron chi connectivity index (χ1n) is 5.44. The van der Waals surface area contributed by atoms with Crippen LogP contribution in [0.1, 0.15) is 10.4 Å². The quantitative estimate of drug-likeness (QED) is 0.729. The lowest BCUT2D eigenvalue weighted by Gasteiger charge is -2.24. The number of nitrogen functional groups attached to an aromatic ring is 1. The van der Waals surface area contributed by atoms with Crippen LogP contribution in [0.2, 0.25) is 0 Å². The second-order valence-corrected chi connectivity index (χ2v) is 4.25. The highest BCUT2D eigenvalue weighted by atomic mass is 16.2. The number of rotatable bonds is 4. The molecule has 0 spiro atoms. The zero-order valence-electron chi connectivity index (χ0n) is 10.8. The Balaban J connectivity index is 3.08. The van der Waals surface area contributed by atoms with Crippen LogP contribution in [0, 0.1) is 0 Å². The van der Waals surface area contributed by atoms with Gasteiger partial charge < -0.3 is 21.3 Å². The third-order valence-electron chi connectivity index (χ3n) is 2.59. The van der Waals surface area contributed by atoms with Gasteiger partial charge in [-0.3, -0.25) is 9.59 Å². The third kappa shape index (κ3) is 2.91. The number of benzene rings is 1. The van der Waals surface area contributed by atoms with Gasteiger partial charge in [-0.1, -0.05) is 6.07 Å². The van der Waals surface area contributed by atoms with Crippen molar-refractivity contribution in [3.63, 3.8) is 0 Å². The number of primary amides is 1. The van der Waals surface area contributed by atoms with Crippen LogP contribution in [0.5, 0.6) is 0 Å². The number of carbonyl (C=O) groups is 2. The molecule has 6 nitrogen and oxygen atoms in total. The van der Waals surface area contributed by atoms with Gasteiger partial charge in [0.2, 0.25) is 5.91 Å². The molecule has 6 heteroatoms. The molecule has 0 heterocycles. The number of hydrogen-bond acceptors (Lipinski definition) is 4. The molecule has 1 aromatic rings. The summed E-state index contributed by atoms with van der Waals surface area (Å²) in [6.07, 6.45) is 0. The van der Waals surface area contributed by atoms with Crippen molar-refractivity contribution in [2.75, 3.05) is 38.3 Å². The molecular formula is C12H18N4O2. The average molecular weight is 250 g/mol. The molecule has 98 valence electrons. The molecule has 0 bridgehead atoms. The maximum absolute atomic E-state index is 11.6. The van der Waals surface area contributed by atoms with E-state index in [1.165, 1.54) is 4.90 Å². The average Bonchev–Trinajstić information content (AvgIpc) is 2.27. The van der Waals surface area contributed by atoms with Crippen LogP contribution in [-0.4, -0.2) is 44.4 Å². The molecule has 0 unspecified atom stereocenters. The summed E-state index contributed by atoms with van der Waals surface area (Å²) in [5.41, 5.74) is 12.3. The molecule has 2 amide bonds. The first kappa shape index (κ1) is 13.8. The van der Waals surface area contributed by atoms with Gasteiger partial charge in [-0.15, -0.1) is 0 Å². The van der Waals surface area contributed by atoms with Crippen molar-refractivity contribution in [3.05, 3.63) is 23.8 Å². The number of anilines is 2. The fourth-order valence-corrected chi connectivity index (χ4v) is 1.61. The van der Waals surface area contributed by atoms with E-state index in [1.54, 1.807) is 44.2 Å². The summed E-state index contributed by atoms with van der Waals surface area (Å²) >= 11 is 0. The standard InChI is InChI=1S/C12H18N4O2/c1-15(2)10(17)7-16(3)11-8(12(14)18)5-4-6-9(11)13/h4-6H,7,13H2,1-3H3,(H2,14,18). The summed E-state index contributed by atoms with van der Waals surface area (Å²) in [6, 6.07) is 4.91. The fourth-order valence-electron chi connectivity index (χ4n) is 1.61. The Morgan fingerprint density at radius 1 is 1.22 bits per heavy atom. The molecule has 0 aliphatic rings. The van der Waals surface area contributed by atoms with E-state index in [4.69, 9.17) is 11.5 Å². The minimum absolute atomic E-state index is 0.0869. The summed E-state index contributed by atoms with van der Waals surface area (Å²) in [4.78, 5) is 26.1. The Morgan fingerprint density at radius 3 is 2.33 bits per heavy atom. The first-order chi connectivity index (χ1) is 8.34. The normalized spacial score (nSPS) is 9.94. The number of hydrogen-bond donors (Lipinski definition) is 2. The first-order valence-corrected chi connectivity index (χ1v) is 5.44. The molecular weight excluding hydrogens is 232 g/mol. The van der Waals surface area contributed by atoms with Gasteiger partial charge in [0, 0.05) is 21.1 Å². The van der Waals surface area contributed by atoms with Crippen molar-refractivity contribution in [3.8, 4) is 0 Å². The van der Waals surface area contributed by atoms with Gasteiger partial charge in [0.25, 0.3) is 5.91 Å². The number of nitrogens with zero attached hydrogens (tertiary/aromatic N) is 2. The van der Waals surface area contributed by atoms with Crippen LogP contribution < -0.4 is 16.4 Å². The summed E-state index contributed by atoms with van der Waals surface area (Å²) in [5, 5.41) is 0. The molecule has 0 fully saturated rings. The van der Waals surface area contributed by atoms with Crippen molar-refractivity contribution in [1.29, 1.82) is 0 Å². The van der Waals surface area contributed by atoms with Gasteiger partial charge in [-0.05, 0) is 12.1 Å². The van der Waals surface area contributed by atoms with Gasteiger partial charge in [-0.25, -0.2) is 0 Å². The topological polar surface area (TPSA) is 92.7 Å². The van der Waals surface area contributed by atoms with Crippen molar-refractivity contribution >= 4 is 23.2 Å². The minimum Gasteiger partial charge on any atom is -0.397 e. The van der Waals surface area contributed by atoms with E-state index < -0.39 is 5.91 Å². The van der Waals surface area contributed by atoms with E-state index in [1.807, 2.05) is 0 Å². The van der Waals surface area contributed by atoms with Crippen LogP contribution in [-0.2, 0) is 4.79 Å². The second kappa shape index (κ2) is 5.39. The highest BCUT2D eigenvalue weighted by Crippen LogP contribution is 2.26. The lowest BCUT2D eigenvalue weighted by Crippen LogP contribution is -2.35. The van der Waals surface area contributed by atoms with E-state index in [2.05, 4.69) is 0 Å². The van der Waals surface area contributed by atoms with Crippen molar-refractivity contribution in [1.82, 2.24) is 4.90 Å². The maximum Gasteiger partial charge on any atom is 0.250 e. The smallest absolute Gasteiger partial charge is 0.250 e. The van der Waals surface area contributed by atoms with Gasteiger partial charge >= 0.3 is 0 Å². The molecule has 1 rings (SSSR count). The predicted molar refractivity (Wildman–Crippen MR) is 71.3 cm³/mol. The Hall–Kier alpha value is -2.24. The number of likely N-dealkylation sites (N-methyl/N-ethyl adjacent to an activating group) is 2. The number of carbonyl (C=O) groups excluding carboxylic acids is 2. The highest BCUT2D eigenvalue weighted by Gasteiger charge is 2.17. The summed E-state index contributed by atoms with van der Waals surface area (Å²) in [5.74, 6) is -0.655. The van der Waals surface area contributed by atoms with E-state index in [0.29, 0.717) is 16.9 Å². The maximum atomic E-state index is 11.6. The predicted octanol–water partition coefficient (Wildman–Crippen LogP) is -0.108. The number of para-hydroxylation sites is 1. The molecule has 0 aliphatic heterocycles. The van der Waals surface area contributed by atoms with Gasteiger partial charge in [-0.2, -0.15) is 0 Å². The van der Waals surface area contributed by atoms with E-state index in [9.17, 15) is 9.59 Å². The lowest BCUT2D eigenvalue weighted by molar-refractivity contribution is -0.127. The van der Waals surface area contributed by atoms with Gasteiger partial charge in [0.1, 0.15) is 0 Å². The van der Waals surface area contributed by atoms with Gasteiger partial charge in [0.15, 0.2) is 0 Å². The summed E-state index contributed by atoms with van der Waals surface area (Å²) in [7, 11) is 5.03. The minimum atomic E-state index is -0.568. The third-order valence-corrected chi connectivity index (χ3v) is 2.59. The van der Waals surface area contributed by atoms with E-state index in [-0.39, 0.29) is 12.5 Å². The molecule has 0 aliphatic carbocycles. The highest BCUT2D eigenvalue weighted by molar-refractivity contribution is 6.02. The van der Waals surface area contributed by atoms with Crippen molar-refractivity contribution in [2.24, 2.45) is 5.73 Å². The zero-order chi connectivity index (χ0) is 13.9. The Labute approximate surface area is 106 Å². The van der Waals surface area contributed by atoms with Gasteiger partial charge in [0.05, 0.1) is 23.5 Å². The van der Waals surface area contributed by atoms with Crippen LogP contribution in [0.25, 0.3) is 0 Å². The monoisotopic (exact) mass is 250 g/mol. The SMILES string of the molecule is CN(C)C(=O)CN(C)c1c(N)cccc1C(N)=O. The van der Waals surface area contributed by atoms with Crippen LogP contribution in [0.3, 0.4) is 0 Å². The molecule has 0 atom stereocenters. The van der Waals surface area contributed by atoms with Crippen molar-refractivity contribution < 1.29 is 9.59 Å². The molecule has 0 saturated carbocycles. The zero-order valence-corrected chi connectivity index (χ0v) is 10.8. The Kier molecular flexibility index (Phi) is 4.14. The molecule has 1 aromatic carbocycles. The Morgan fingerprint density at radius 2 is 1.83 bits per heavy atom. The second-order valence-electron chi connectivity index (χ2n) is 4.25. The van der Waals surface area contributed by atoms with Crippen molar-refractivity contribution in [2.45, 2.75) is 0 Å². The molecule has 4 N–H and O–H groups in total. The fraction of sp³-hybridized carbons (Fsp3) is 0.333. The summed E-state index contributed by atoms with van der Waals surface area (Å²) < 4.78 is 0. The van der Waals surface area contributed by atoms with Crippen LogP contribution in [0.15, 0.2) is 18.2 Å². The molecule has 0 radical (unpaired) electrons. The molecule has 0 aromatic heterocycles. The van der Waals surface area contributed by atoms with E-state index in [0.717, 1.165) is 0 Å². The number of nitrogens with two attached hydrogens (primary N) is 2. The van der Waals surface area contributed by atoms with E-state index >= 15 is 0 Å². The number of amides is 2. The van der Waals surface area contributed by atoms with Crippen LogP contribution in [0.4, 0.5) is 11.4 Å². The summed E-state index contributed by atoms with van der Waals surface area (Å²) in [6.45, 7) is 0.126.